The zero-order chi connectivity index (χ0) is 26.9. The maximum atomic E-state index is 13.6. The number of sulfone groups is 1. The summed E-state index contributed by atoms with van der Waals surface area (Å²) in [5.41, 5.74) is 3.94. The minimum absolute atomic E-state index is 0.0428. The number of hydrogen-bond donors (Lipinski definition) is 0. The summed E-state index contributed by atoms with van der Waals surface area (Å²) in [5, 5.41) is 2.75. The standard InChI is InChI=1S/C29H32N2O5S2/c1-3-19(2)31(21-13-15-38(34,35)18-21)26(32)17-36-29(33)27-23-10-4-5-12-25(23)30-28-20(8-6-11-24(27)28)16-22-9-7-14-37-22/h4-5,7,9-10,12,14,16,19,21H,3,6,8,11,13,15,17-18H2,1-2H3/b20-16+/t19-,21-/m0/s1. The number of thiophene rings is 1. The fourth-order valence-corrected chi connectivity index (χ4v) is 7.92. The maximum Gasteiger partial charge on any atom is 0.339 e. The minimum Gasteiger partial charge on any atom is -0.452 e. The molecule has 0 unspecified atom stereocenters. The zero-order valence-corrected chi connectivity index (χ0v) is 23.3. The van der Waals surface area contributed by atoms with Crippen LogP contribution >= 0.6 is 11.3 Å². The zero-order valence-electron chi connectivity index (χ0n) is 21.7. The summed E-state index contributed by atoms with van der Waals surface area (Å²) in [5.74, 6) is -0.874. The van der Waals surface area contributed by atoms with Gasteiger partial charge in [-0.3, -0.25) is 4.79 Å². The Morgan fingerprint density at radius 1 is 1.21 bits per heavy atom. The number of benzene rings is 1. The van der Waals surface area contributed by atoms with Gasteiger partial charge in [0.1, 0.15) is 0 Å². The summed E-state index contributed by atoms with van der Waals surface area (Å²) in [4.78, 5) is 34.6. The van der Waals surface area contributed by atoms with E-state index in [-0.39, 0.29) is 29.5 Å². The Balaban J connectivity index is 1.45. The molecule has 9 heteroatoms. The van der Waals surface area contributed by atoms with Crippen molar-refractivity contribution in [2.75, 3.05) is 18.1 Å². The number of carbonyl (C=O) groups is 2. The molecule has 1 aliphatic heterocycles. The molecule has 38 heavy (non-hydrogen) atoms. The molecule has 0 spiro atoms. The van der Waals surface area contributed by atoms with Crippen molar-refractivity contribution in [1.29, 1.82) is 0 Å². The molecule has 1 saturated heterocycles. The van der Waals surface area contributed by atoms with E-state index in [1.54, 1.807) is 16.2 Å². The summed E-state index contributed by atoms with van der Waals surface area (Å²) in [6, 6.07) is 11.1. The number of para-hydroxylation sites is 1. The molecule has 3 aromatic rings. The van der Waals surface area contributed by atoms with Crippen LogP contribution in [0.5, 0.6) is 0 Å². The second-order valence-electron chi connectivity index (χ2n) is 10.1. The Morgan fingerprint density at radius 3 is 2.74 bits per heavy atom. The van der Waals surface area contributed by atoms with Gasteiger partial charge in [-0.05, 0) is 73.8 Å². The first-order valence-corrected chi connectivity index (χ1v) is 15.8. The van der Waals surface area contributed by atoms with Gasteiger partial charge in [0.2, 0.25) is 0 Å². The molecule has 0 N–H and O–H groups in total. The molecular formula is C29H32N2O5S2. The SMILES string of the molecule is CC[C@H](C)N(C(=O)COC(=O)c1c2c(nc3ccccc13)/C(=C/c1cccs1)CCC2)[C@H]1CCS(=O)(=O)C1. The molecular weight excluding hydrogens is 520 g/mol. The van der Waals surface area contributed by atoms with Crippen LogP contribution in [0.1, 0.15) is 66.0 Å². The number of ether oxygens (including phenoxy) is 1. The second kappa shape index (κ2) is 11.0. The number of nitrogens with zero attached hydrogens (tertiary/aromatic N) is 2. The third-order valence-electron chi connectivity index (χ3n) is 7.52. The van der Waals surface area contributed by atoms with Crippen LogP contribution in [0.25, 0.3) is 22.6 Å². The van der Waals surface area contributed by atoms with Crippen LogP contribution in [0.2, 0.25) is 0 Å². The van der Waals surface area contributed by atoms with Gasteiger partial charge in [-0.1, -0.05) is 31.2 Å². The average Bonchev–Trinajstić information content (AvgIpc) is 3.55. The highest BCUT2D eigenvalue weighted by atomic mass is 32.2. The number of pyridine rings is 1. The highest BCUT2D eigenvalue weighted by Crippen LogP contribution is 2.37. The largest absolute Gasteiger partial charge is 0.452 e. The molecule has 200 valence electrons. The molecule has 5 rings (SSSR count). The van der Waals surface area contributed by atoms with Crippen LogP contribution in [0, 0.1) is 0 Å². The summed E-state index contributed by atoms with van der Waals surface area (Å²) in [7, 11) is -3.16. The van der Waals surface area contributed by atoms with Crippen molar-refractivity contribution in [1.82, 2.24) is 9.88 Å². The van der Waals surface area contributed by atoms with Crippen LogP contribution in [-0.4, -0.2) is 60.4 Å². The highest BCUT2D eigenvalue weighted by molar-refractivity contribution is 7.91. The first-order valence-electron chi connectivity index (χ1n) is 13.1. The molecule has 7 nitrogen and oxygen atoms in total. The van der Waals surface area contributed by atoms with Crippen molar-refractivity contribution < 1.29 is 22.7 Å². The van der Waals surface area contributed by atoms with Gasteiger partial charge in [0.15, 0.2) is 16.4 Å². The van der Waals surface area contributed by atoms with Crippen LogP contribution in [0.3, 0.4) is 0 Å². The van der Waals surface area contributed by atoms with Crippen molar-refractivity contribution in [2.24, 2.45) is 0 Å². The monoisotopic (exact) mass is 552 g/mol. The molecule has 0 saturated carbocycles. The Bertz CT molecular complexity index is 1490. The summed E-state index contributed by atoms with van der Waals surface area (Å²) < 4.78 is 29.8. The molecule has 1 fully saturated rings. The minimum atomic E-state index is -3.16. The summed E-state index contributed by atoms with van der Waals surface area (Å²) in [6.07, 6.45) is 5.69. The first kappa shape index (κ1) is 26.6. The Labute approximate surface area is 227 Å². The van der Waals surface area contributed by atoms with E-state index in [0.29, 0.717) is 35.7 Å². The molecule has 2 aliphatic rings. The number of carbonyl (C=O) groups excluding carboxylic acids is 2. The third kappa shape index (κ3) is 5.40. The Kier molecular flexibility index (Phi) is 7.68. The van der Waals surface area contributed by atoms with Gasteiger partial charge in [0.25, 0.3) is 5.91 Å². The van der Waals surface area contributed by atoms with Gasteiger partial charge in [0, 0.05) is 22.3 Å². The smallest absolute Gasteiger partial charge is 0.339 e. The predicted molar refractivity (Wildman–Crippen MR) is 151 cm³/mol. The van der Waals surface area contributed by atoms with Crippen molar-refractivity contribution >= 4 is 55.6 Å². The number of allylic oxidation sites excluding steroid dienone is 1. The highest BCUT2D eigenvalue weighted by Gasteiger charge is 2.37. The second-order valence-corrected chi connectivity index (χ2v) is 13.3. The van der Waals surface area contributed by atoms with E-state index in [0.717, 1.165) is 34.5 Å². The molecule has 0 bridgehead atoms. The van der Waals surface area contributed by atoms with E-state index in [1.165, 1.54) is 0 Å². The van der Waals surface area contributed by atoms with E-state index in [1.807, 2.05) is 49.6 Å². The summed E-state index contributed by atoms with van der Waals surface area (Å²) >= 11 is 1.66. The lowest BCUT2D eigenvalue weighted by Crippen LogP contribution is -2.48. The molecule has 0 radical (unpaired) electrons. The van der Waals surface area contributed by atoms with Crippen LogP contribution in [0.15, 0.2) is 41.8 Å². The lowest BCUT2D eigenvalue weighted by molar-refractivity contribution is -0.138. The number of aromatic nitrogens is 1. The van der Waals surface area contributed by atoms with Crippen LogP contribution in [0.4, 0.5) is 0 Å². The van der Waals surface area contributed by atoms with Gasteiger partial charge in [-0.2, -0.15) is 0 Å². The topological polar surface area (TPSA) is 93.6 Å². The number of esters is 1. The first-order chi connectivity index (χ1) is 18.3. The molecule has 1 aromatic carbocycles. The van der Waals surface area contributed by atoms with Crippen LogP contribution in [-0.2, 0) is 25.8 Å². The van der Waals surface area contributed by atoms with Gasteiger partial charge in [0.05, 0.1) is 28.3 Å². The molecule has 1 amide bonds. The van der Waals surface area contributed by atoms with Crippen molar-refractivity contribution in [3.8, 4) is 0 Å². The maximum absolute atomic E-state index is 13.6. The fraction of sp³-hybridized carbons (Fsp3) is 0.414. The Hall–Kier alpha value is -3.04. The van der Waals surface area contributed by atoms with Gasteiger partial charge >= 0.3 is 5.97 Å². The number of amides is 1. The van der Waals surface area contributed by atoms with Gasteiger partial charge < -0.3 is 9.64 Å². The molecule has 2 atom stereocenters. The predicted octanol–water partition coefficient (Wildman–Crippen LogP) is 5.14. The normalized spacial score (nSPS) is 20.3. The van der Waals surface area contributed by atoms with E-state index in [2.05, 4.69) is 12.1 Å². The van der Waals surface area contributed by atoms with Crippen LogP contribution < -0.4 is 0 Å². The molecule has 1 aliphatic carbocycles. The number of fused-ring (bicyclic) bond motifs is 2. The molecule has 2 aromatic heterocycles. The quantitative estimate of drug-likeness (QED) is 0.377. The van der Waals surface area contributed by atoms with E-state index >= 15 is 0 Å². The summed E-state index contributed by atoms with van der Waals surface area (Å²) in [6.45, 7) is 3.43. The van der Waals surface area contributed by atoms with Gasteiger partial charge in [-0.25, -0.2) is 18.2 Å². The average molecular weight is 553 g/mol. The van der Waals surface area contributed by atoms with Crippen molar-refractivity contribution in [3.05, 3.63) is 63.5 Å². The third-order valence-corrected chi connectivity index (χ3v) is 10.1. The number of rotatable bonds is 7. The van der Waals surface area contributed by atoms with E-state index < -0.39 is 22.4 Å². The van der Waals surface area contributed by atoms with E-state index in [4.69, 9.17) is 9.72 Å². The fourth-order valence-electron chi connectivity index (χ4n) is 5.53. The van der Waals surface area contributed by atoms with Crippen molar-refractivity contribution in [2.45, 2.75) is 58.0 Å². The molecule has 3 heterocycles. The van der Waals surface area contributed by atoms with Gasteiger partial charge in [-0.15, -0.1) is 11.3 Å². The Morgan fingerprint density at radius 2 is 2.03 bits per heavy atom. The lowest BCUT2D eigenvalue weighted by Gasteiger charge is -2.33. The van der Waals surface area contributed by atoms with Crippen molar-refractivity contribution in [3.63, 3.8) is 0 Å². The lowest BCUT2D eigenvalue weighted by atomic mass is 9.86. The number of hydrogen-bond acceptors (Lipinski definition) is 7. The van der Waals surface area contributed by atoms with E-state index in [9.17, 15) is 18.0 Å².